The van der Waals surface area contributed by atoms with Crippen molar-refractivity contribution in [3.63, 3.8) is 0 Å². The normalized spacial score (nSPS) is 10.7. The Balaban J connectivity index is 2.02. The summed E-state index contributed by atoms with van der Waals surface area (Å²) >= 11 is 0. The molecule has 0 fully saturated rings. The minimum atomic E-state index is -3.02. The first-order valence-electron chi connectivity index (χ1n) is 7.41. The van der Waals surface area contributed by atoms with E-state index in [4.69, 9.17) is 4.74 Å². The van der Waals surface area contributed by atoms with Crippen LogP contribution in [-0.4, -0.2) is 34.3 Å². The van der Waals surface area contributed by atoms with Crippen LogP contribution in [0.3, 0.4) is 0 Å². The van der Waals surface area contributed by atoms with Crippen LogP contribution in [0.2, 0.25) is 0 Å². The van der Waals surface area contributed by atoms with E-state index in [0.717, 1.165) is 6.20 Å². The van der Waals surface area contributed by atoms with Gasteiger partial charge in [0.05, 0.1) is 24.3 Å². The van der Waals surface area contributed by atoms with E-state index in [1.54, 1.807) is 13.0 Å². The molecule has 1 N–H and O–H groups in total. The number of rotatable bonds is 8. The van der Waals surface area contributed by atoms with Gasteiger partial charge in [-0.1, -0.05) is 6.07 Å². The quantitative estimate of drug-likeness (QED) is 0.565. The highest BCUT2D eigenvalue weighted by Gasteiger charge is 2.20. The van der Waals surface area contributed by atoms with Crippen LogP contribution >= 0.6 is 0 Å². The second kappa shape index (κ2) is 8.23. The molecule has 9 nitrogen and oxygen atoms in total. The number of carbonyl (C=O) groups excluding carboxylic acids is 1. The largest absolute Gasteiger partial charge is 0.475 e. The number of nitrogens with one attached hydrogen (secondary N) is 1. The predicted molar refractivity (Wildman–Crippen MR) is 86.5 cm³/mol. The van der Waals surface area contributed by atoms with Gasteiger partial charge in [-0.15, -0.1) is 5.10 Å². The van der Waals surface area contributed by atoms with E-state index in [0.29, 0.717) is 5.56 Å². The van der Waals surface area contributed by atoms with E-state index in [2.05, 4.69) is 15.2 Å². The Morgan fingerprint density at radius 2 is 2.19 bits per heavy atom. The molecule has 140 valence electrons. The summed E-state index contributed by atoms with van der Waals surface area (Å²) in [5, 5.41) is 17.2. The van der Waals surface area contributed by atoms with Gasteiger partial charge in [0.25, 0.3) is 0 Å². The van der Waals surface area contributed by atoms with Crippen LogP contribution in [0.1, 0.15) is 12.0 Å². The first kappa shape index (κ1) is 19.1. The fraction of sp³-hybridized carbons (Fsp3) is 0.333. The zero-order valence-corrected chi connectivity index (χ0v) is 13.9. The standard InChI is InChI=1S/C15H16F2N4O5/c1-9-3-4-10(12(7-9)26-15(16)17)18-13(22)5-6-20-8-11(21(23)24)14(19-20)25-2/h3-4,7-8,15H,5-6H2,1-2H3,(H,18,22). The molecule has 0 aliphatic heterocycles. The minimum Gasteiger partial charge on any atom is -0.475 e. The van der Waals surface area contributed by atoms with Crippen LogP contribution in [0, 0.1) is 17.0 Å². The smallest absolute Gasteiger partial charge is 0.387 e. The number of methoxy groups -OCH3 is 1. The number of anilines is 1. The maximum atomic E-state index is 12.5. The second-order valence-electron chi connectivity index (χ2n) is 5.22. The fourth-order valence-electron chi connectivity index (χ4n) is 2.13. The highest BCUT2D eigenvalue weighted by atomic mass is 19.3. The van der Waals surface area contributed by atoms with E-state index in [1.807, 2.05) is 0 Å². The number of carbonyl (C=O) groups is 1. The number of alkyl halides is 2. The Morgan fingerprint density at radius 3 is 2.77 bits per heavy atom. The topological polar surface area (TPSA) is 109 Å². The van der Waals surface area contributed by atoms with Gasteiger partial charge in [-0.25, -0.2) is 0 Å². The molecule has 1 heterocycles. The number of benzene rings is 1. The summed E-state index contributed by atoms with van der Waals surface area (Å²) in [6, 6.07) is 4.46. The van der Waals surface area contributed by atoms with Gasteiger partial charge in [0.2, 0.25) is 5.91 Å². The Labute approximate surface area is 146 Å². The molecule has 0 aliphatic rings. The van der Waals surface area contributed by atoms with E-state index in [9.17, 15) is 23.7 Å². The summed E-state index contributed by atoms with van der Waals surface area (Å²) in [6.07, 6.45) is 1.05. The highest BCUT2D eigenvalue weighted by Crippen LogP contribution is 2.28. The first-order chi connectivity index (χ1) is 12.3. The van der Waals surface area contributed by atoms with Crippen molar-refractivity contribution >= 4 is 17.3 Å². The van der Waals surface area contributed by atoms with E-state index >= 15 is 0 Å². The van der Waals surface area contributed by atoms with E-state index in [-0.39, 0.29) is 36.0 Å². The van der Waals surface area contributed by atoms with Gasteiger partial charge in [0.1, 0.15) is 11.9 Å². The molecule has 2 aromatic rings. The first-order valence-corrected chi connectivity index (χ1v) is 7.41. The molecule has 0 atom stereocenters. The monoisotopic (exact) mass is 370 g/mol. The molecule has 0 bridgehead atoms. The molecule has 0 saturated carbocycles. The lowest BCUT2D eigenvalue weighted by Crippen LogP contribution is -2.16. The van der Waals surface area contributed by atoms with Crippen LogP contribution in [-0.2, 0) is 11.3 Å². The summed E-state index contributed by atoms with van der Waals surface area (Å²) < 4.78 is 35.3. The molecule has 0 aliphatic carbocycles. The number of aryl methyl sites for hydroxylation is 2. The number of nitro groups is 1. The minimum absolute atomic E-state index is 0.0347. The molecule has 1 amide bonds. The highest BCUT2D eigenvalue weighted by molar-refractivity contribution is 5.92. The maximum absolute atomic E-state index is 12.5. The second-order valence-corrected chi connectivity index (χ2v) is 5.22. The molecular formula is C15H16F2N4O5. The van der Waals surface area contributed by atoms with Crippen molar-refractivity contribution in [3.05, 3.63) is 40.1 Å². The van der Waals surface area contributed by atoms with Crippen LogP contribution in [0.25, 0.3) is 0 Å². The van der Waals surface area contributed by atoms with Crippen LogP contribution in [0.4, 0.5) is 20.2 Å². The predicted octanol–water partition coefficient (Wildman–Crippen LogP) is 2.74. The molecular weight excluding hydrogens is 354 g/mol. The lowest BCUT2D eigenvalue weighted by Gasteiger charge is -2.12. The van der Waals surface area contributed by atoms with Crippen molar-refractivity contribution in [1.29, 1.82) is 0 Å². The molecule has 1 aromatic carbocycles. The Morgan fingerprint density at radius 1 is 1.46 bits per heavy atom. The lowest BCUT2D eigenvalue weighted by atomic mass is 10.2. The fourth-order valence-corrected chi connectivity index (χ4v) is 2.13. The third-order valence-corrected chi connectivity index (χ3v) is 3.29. The number of aromatic nitrogens is 2. The third-order valence-electron chi connectivity index (χ3n) is 3.29. The van der Waals surface area contributed by atoms with E-state index < -0.39 is 17.4 Å². The zero-order valence-electron chi connectivity index (χ0n) is 13.9. The molecule has 0 unspecified atom stereocenters. The van der Waals surface area contributed by atoms with E-state index in [1.165, 1.54) is 23.9 Å². The Kier molecular flexibility index (Phi) is 6.04. The summed E-state index contributed by atoms with van der Waals surface area (Å²) in [5.74, 6) is -0.809. The molecule has 11 heteroatoms. The van der Waals surface area contributed by atoms with Crippen molar-refractivity contribution in [2.24, 2.45) is 0 Å². The summed E-state index contributed by atoms with van der Waals surface area (Å²) in [6.45, 7) is -1.29. The lowest BCUT2D eigenvalue weighted by molar-refractivity contribution is -0.385. The molecule has 0 radical (unpaired) electrons. The van der Waals surface area contributed by atoms with Gasteiger partial charge in [-0.3, -0.25) is 19.6 Å². The maximum Gasteiger partial charge on any atom is 0.387 e. The van der Waals surface area contributed by atoms with Crippen LogP contribution in [0.5, 0.6) is 11.6 Å². The number of hydrogen-bond donors (Lipinski definition) is 1. The molecule has 0 saturated heterocycles. The third kappa shape index (κ3) is 4.88. The van der Waals surface area contributed by atoms with Crippen LogP contribution in [0.15, 0.2) is 24.4 Å². The van der Waals surface area contributed by atoms with Crippen molar-refractivity contribution in [1.82, 2.24) is 9.78 Å². The molecule has 2 rings (SSSR count). The van der Waals surface area contributed by atoms with Gasteiger partial charge >= 0.3 is 18.2 Å². The van der Waals surface area contributed by atoms with Crippen molar-refractivity contribution < 1.29 is 28.0 Å². The average Bonchev–Trinajstić information content (AvgIpc) is 2.98. The summed E-state index contributed by atoms with van der Waals surface area (Å²) in [5.41, 5.74) is 0.471. The average molecular weight is 370 g/mol. The van der Waals surface area contributed by atoms with Crippen LogP contribution < -0.4 is 14.8 Å². The Bertz CT molecular complexity index is 809. The molecule has 1 aromatic heterocycles. The summed E-state index contributed by atoms with van der Waals surface area (Å²) in [4.78, 5) is 22.2. The number of nitrogens with zero attached hydrogens (tertiary/aromatic N) is 3. The van der Waals surface area contributed by atoms with Crippen molar-refractivity contribution in [3.8, 4) is 11.6 Å². The van der Waals surface area contributed by atoms with Gasteiger partial charge in [0, 0.05) is 6.42 Å². The summed E-state index contributed by atoms with van der Waals surface area (Å²) in [7, 11) is 1.24. The van der Waals surface area contributed by atoms with Gasteiger partial charge in [-0.05, 0) is 24.6 Å². The number of ether oxygens (including phenoxy) is 2. The Hall–Kier alpha value is -3.24. The van der Waals surface area contributed by atoms with Crippen molar-refractivity contribution in [2.45, 2.75) is 26.5 Å². The van der Waals surface area contributed by atoms with Crippen molar-refractivity contribution in [2.75, 3.05) is 12.4 Å². The number of amides is 1. The molecule has 26 heavy (non-hydrogen) atoms. The van der Waals surface area contributed by atoms with Gasteiger partial charge in [0.15, 0.2) is 0 Å². The van der Waals surface area contributed by atoms with Gasteiger partial charge in [-0.2, -0.15) is 8.78 Å². The van der Waals surface area contributed by atoms with Gasteiger partial charge < -0.3 is 14.8 Å². The SMILES string of the molecule is COc1nn(CCC(=O)Nc2ccc(C)cc2OC(F)F)cc1[N+](=O)[O-]. The zero-order chi connectivity index (χ0) is 19.3. The molecule has 0 spiro atoms. The number of halogens is 2. The number of hydrogen-bond acceptors (Lipinski definition) is 6.